The van der Waals surface area contributed by atoms with Crippen molar-refractivity contribution in [2.75, 3.05) is 14.2 Å². The lowest BCUT2D eigenvalue weighted by molar-refractivity contribution is 0.273. The molecule has 74 valence electrons. The summed E-state index contributed by atoms with van der Waals surface area (Å²) in [6.45, 7) is 2.17. The fraction of sp³-hybridized carbons (Fsp3) is 1.00. The average Bonchev–Trinajstić information content (AvgIpc) is 2.10. The van der Waals surface area contributed by atoms with Gasteiger partial charge in [0.15, 0.2) is 0 Å². The Hall–Kier alpha value is 0.0969. The van der Waals surface area contributed by atoms with Gasteiger partial charge in [-0.3, -0.25) is 0 Å². The first-order valence-corrected chi connectivity index (χ1v) is 6.31. The van der Waals surface area contributed by atoms with Gasteiger partial charge >= 0.3 is 9.28 Å². The summed E-state index contributed by atoms with van der Waals surface area (Å²) in [5, 5.41) is 0. The second-order valence-corrected chi connectivity index (χ2v) is 5.31. The quantitative estimate of drug-likeness (QED) is 0.611. The van der Waals surface area contributed by atoms with Gasteiger partial charge in [-0.2, -0.15) is 0 Å². The maximum Gasteiger partial charge on any atom is 0.322 e. The normalized spacial score (nSPS) is 13.8. The van der Waals surface area contributed by atoms with Gasteiger partial charge < -0.3 is 14.6 Å². The topological polar surface area (TPSA) is 44.5 Å². The molecule has 0 saturated heterocycles. The molecule has 4 heteroatoms. The molecule has 0 heterocycles. The van der Waals surface area contributed by atoms with Crippen LogP contribution in [0.3, 0.4) is 0 Å². The molecule has 0 fully saturated rings. The molecule has 0 aliphatic carbocycles. The van der Waals surface area contributed by atoms with E-state index in [0.717, 1.165) is 12.5 Å². The lowest BCUT2D eigenvalue weighted by Gasteiger charge is -2.15. The predicted octanol–water partition coefficient (Wildman–Crippen LogP) is 1.02. The smallest absolute Gasteiger partial charge is 0.322 e. The van der Waals surface area contributed by atoms with Gasteiger partial charge in [0.05, 0.1) is 0 Å². The number of hydrogen-bond donors (Lipinski definition) is 1. The molecular weight excluding hydrogens is 170 g/mol. The summed E-state index contributed by atoms with van der Waals surface area (Å²) in [5.74, 6) is 0. The first kappa shape index (κ1) is 12.1. The van der Waals surface area contributed by atoms with Crippen LogP contribution in [-0.2, 0) is 8.85 Å². The van der Waals surface area contributed by atoms with Crippen molar-refractivity contribution in [1.82, 2.24) is 0 Å². The van der Waals surface area contributed by atoms with Crippen LogP contribution in [0.2, 0.25) is 6.04 Å². The van der Waals surface area contributed by atoms with E-state index in [9.17, 15) is 0 Å². The number of rotatable bonds is 7. The molecule has 0 aromatic heterocycles. The zero-order valence-electron chi connectivity index (χ0n) is 8.38. The van der Waals surface area contributed by atoms with E-state index >= 15 is 0 Å². The first-order chi connectivity index (χ1) is 5.74. The van der Waals surface area contributed by atoms with Crippen molar-refractivity contribution in [1.29, 1.82) is 0 Å². The highest BCUT2D eigenvalue weighted by Crippen LogP contribution is 2.05. The van der Waals surface area contributed by atoms with E-state index < -0.39 is 9.28 Å². The predicted molar refractivity (Wildman–Crippen MR) is 53.5 cm³/mol. The zero-order chi connectivity index (χ0) is 9.40. The Kier molecular flexibility index (Phi) is 7.79. The van der Waals surface area contributed by atoms with Gasteiger partial charge in [-0.1, -0.05) is 19.8 Å². The largest absolute Gasteiger partial charge is 0.400 e. The summed E-state index contributed by atoms with van der Waals surface area (Å²) in [6.07, 6.45) is 3.50. The third-order valence-electron chi connectivity index (χ3n) is 1.95. The van der Waals surface area contributed by atoms with Crippen LogP contribution in [0, 0.1) is 0 Å². The summed E-state index contributed by atoms with van der Waals surface area (Å²) in [7, 11) is 1.98. The Morgan fingerprint density at radius 2 is 1.92 bits per heavy atom. The molecule has 1 unspecified atom stereocenters. The molecule has 0 radical (unpaired) electrons. The molecule has 1 atom stereocenters. The van der Waals surface area contributed by atoms with Gasteiger partial charge in [-0.25, -0.2) is 0 Å². The van der Waals surface area contributed by atoms with E-state index in [-0.39, 0.29) is 6.04 Å². The van der Waals surface area contributed by atoms with Crippen LogP contribution < -0.4 is 5.73 Å². The molecule has 0 amide bonds. The molecular formula is C8H21NO2Si. The van der Waals surface area contributed by atoms with Crippen molar-refractivity contribution in [2.24, 2.45) is 5.73 Å². The number of hydrogen-bond acceptors (Lipinski definition) is 3. The highest BCUT2D eigenvalue weighted by atomic mass is 28.3. The highest BCUT2D eigenvalue weighted by Gasteiger charge is 2.14. The Morgan fingerprint density at radius 1 is 1.33 bits per heavy atom. The number of nitrogens with two attached hydrogens (primary N) is 1. The Balaban J connectivity index is 3.44. The summed E-state index contributed by atoms with van der Waals surface area (Å²) in [6, 6.07) is 1.19. The van der Waals surface area contributed by atoms with Crippen LogP contribution in [0.25, 0.3) is 0 Å². The third-order valence-corrected chi connectivity index (χ3v) is 3.99. The molecule has 3 nitrogen and oxygen atoms in total. The Bertz CT molecular complexity index is 99.1. The standard InChI is InChI=1S/C8H21NO2Si/c1-4-5-6-8(9)7-12(10-2)11-3/h8,12H,4-7,9H2,1-3H3. The lowest BCUT2D eigenvalue weighted by Crippen LogP contribution is -2.30. The van der Waals surface area contributed by atoms with Crippen LogP contribution in [0.15, 0.2) is 0 Å². The monoisotopic (exact) mass is 191 g/mol. The van der Waals surface area contributed by atoms with Crippen molar-refractivity contribution in [2.45, 2.75) is 38.3 Å². The van der Waals surface area contributed by atoms with E-state index in [1.54, 1.807) is 14.2 Å². The molecule has 0 bridgehead atoms. The van der Waals surface area contributed by atoms with Gasteiger partial charge in [0, 0.05) is 26.3 Å². The molecule has 12 heavy (non-hydrogen) atoms. The van der Waals surface area contributed by atoms with E-state index in [4.69, 9.17) is 14.6 Å². The molecule has 0 saturated carbocycles. The third kappa shape index (κ3) is 5.71. The molecule has 0 rings (SSSR count). The minimum atomic E-state index is -1.42. The highest BCUT2D eigenvalue weighted by molar-refractivity contribution is 6.44. The van der Waals surface area contributed by atoms with Crippen LogP contribution in [0.4, 0.5) is 0 Å². The molecule has 2 N–H and O–H groups in total. The van der Waals surface area contributed by atoms with Crippen molar-refractivity contribution in [3.8, 4) is 0 Å². The molecule has 0 aliphatic rings. The minimum absolute atomic E-state index is 0.265. The molecule has 0 spiro atoms. The minimum Gasteiger partial charge on any atom is -0.400 e. The SMILES string of the molecule is CCCCC(N)C[SiH](OC)OC. The van der Waals surface area contributed by atoms with Crippen molar-refractivity contribution >= 4 is 9.28 Å². The van der Waals surface area contributed by atoms with E-state index in [0.29, 0.717) is 0 Å². The Labute approximate surface area is 77.1 Å². The first-order valence-electron chi connectivity index (χ1n) is 4.55. The van der Waals surface area contributed by atoms with Gasteiger partial charge in [0.1, 0.15) is 0 Å². The summed E-state index contributed by atoms with van der Waals surface area (Å²) < 4.78 is 10.4. The fourth-order valence-electron chi connectivity index (χ4n) is 1.12. The van der Waals surface area contributed by atoms with Crippen LogP contribution >= 0.6 is 0 Å². The van der Waals surface area contributed by atoms with Crippen molar-refractivity contribution < 1.29 is 8.85 Å². The maximum absolute atomic E-state index is 5.89. The van der Waals surface area contributed by atoms with Crippen LogP contribution in [-0.4, -0.2) is 29.5 Å². The van der Waals surface area contributed by atoms with E-state index in [2.05, 4.69) is 6.92 Å². The van der Waals surface area contributed by atoms with Crippen LogP contribution in [0.1, 0.15) is 26.2 Å². The van der Waals surface area contributed by atoms with Crippen molar-refractivity contribution in [3.63, 3.8) is 0 Å². The second kappa shape index (κ2) is 7.73. The summed E-state index contributed by atoms with van der Waals surface area (Å²) >= 11 is 0. The zero-order valence-corrected chi connectivity index (χ0v) is 9.53. The summed E-state index contributed by atoms with van der Waals surface area (Å²) in [4.78, 5) is 0. The average molecular weight is 191 g/mol. The van der Waals surface area contributed by atoms with Crippen molar-refractivity contribution in [3.05, 3.63) is 0 Å². The second-order valence-electron chi connectivity index (χ2n) is 3.04. The summed E-state index contributed by atoms with van der Waals surface area (Å²) in [5.41, 5.74) is 5.89. The van der Waals surface area contributed by atoms with Crippen LogP contribution in [0.5, 0.6) is 0 Å². The molecule has 0 aromatic carbocycles. The fourth-order valence-corrected chi connectivity index (χ4v) is 2.43. The van der Waals surface area contributed by atoms with E-state index in [1.165, 1.54) is 12.8 Å². The van der Waals surface area contributed by atoms with Gasteiger partial charge in [0.25, 0.3) is 0 Å². The van der Waals surface area contributed by atoms with Gasteiger partial charge in [-0.05, 0) is 6.42 Å². The lowest BCUT2D eigenvalue weighted by atomic mass is 10.2. The molecule has 0 aliphatic heterocycles. The maximum atomic E-state index is 5.89. The number of unbranched alkanes of at least 4 members (excludes halogenated alkanes) is 1. The van der Waals surface area contributed by atoms with E-state index in [1.807, 2.05) is 0 Å². The Morgan fingerprint density at radius 3 is 2.33 bits per heavy atom. The van der Waals surface area contributed by atoms with Gasteiger partial charge in [-0.15, -0.1) is 0 Å². The molecule has 0 aromatic rings. The van der Waals surface area contributed by atoms with Gasteiger partial charge in [0.2, 0.25) is 0 Å².